The van der Waals surface area contributed by atoms with Gasteiger partial charge in [-0.3, -0.25) is 0 Å². The summed E-state index contributed by atoms with van der Waals surface area (Å²) in [5, 5.41) is 0. The zero-order valence-electron chi connectivity index (χ0n) is 12.0. The normalized spacial score (nSPS) is 14.6. The summed E-state index contributed by atoms with van der Waals surface area (Å²) >= 11 is 0. The van der Waals surface area contributed by atoms with Gasteiger partial charge in [0.2, 0.25) is 0 Å². The molecule has 0 saturated carbocycles. The van der Waals surface area contributed by atoms with Gasteiger partial charge in [0.1, 0.15) is 0 Å². The van der Waals surface area contributed by atoms with E-state index in [1.165, 1.54) is 44.1 Å². The summed E-state index contributed by atoms with van der Waals surface area (Å²) in [4.78, 5) is 0. The Bertz CT molecular complexity index is 230. The Labute approximate surface area is 103 Å². The number of rotatable bonds is 8. The van der Waals surface area contributed by atoms with E-state index < -0.39 is 0 Å². The van der Waals surface area contributed by atoms with Gasteiger partial charge < -0.3 is 0 Å². The van der Waals surface area contributed by atoms with Crippen molar-refractivity contribution in [2.75, 3.05) is 0 Å². The van der Waals surface area contributed by atoms with Gasteiger partial charge in [-0.25, -0.2) is 0 Å². The number of hydrogen-bond donors (Lipinski definition) is 0. The lowest BCUT2D eigenvalue weighted by Gasteiger charge is -2.36. The molecule has 1 unspecified atom stereocenters. The van der Waals surface area contributed by atoms with E-state index in [2.05, 4.69) is 46.9 Å². The molecule has 0 radical (unpaired) electrons. The van der Waals surface area contributed by atoms with Crippen LogP contribution >= 0.6 is 0 Å². The van der Waals surface area contributed by atoms with Crippen LogP contribution in [0.5, 0.6) is 0 Å². The first kappa shape index (κ1) is 15.5. The van der Waals surface area contributed by atoms with E-state index >= 15 is 0 Å². The summed E-state index contributed by atoms with van der Waals surface area (Å²) in [6.07, 6.45) is 7.58. The van der Waals surface area contributed by atoms with Crippen molar-refractivity contribution in [2.24, 2.45) is 11.3 Å². The van der Waals surface area contributed by atoms with E-state index in [9.17, 15) is 0 Å². The van der Waals surface area contributed by atoms with Crippen LogP contribution in [-0.2, 0) is 0 Å². The molecule has 94 valence electrons. The van der Waals surface area contributed by atoms with Gasteiger partial charge in [0.25, 0.3) is 0 Å². The molecule has 0 heterocycles. The van der Waals surface area contributed by atoms with Crippen LogP contribution in [0.2, 0.25) is 0 Å². The molecule has 0 rings (SSSR count). The van der Waals surface area contributed by atoms with Crippen LogP contribution in [-0.4, -0.2) is 0 Å². The molecular formula is C16H30. The average molecular weight is 222 g/mol. The summed E-state index contributed by atoms with van der Waals surface area (Å²) in [5.74, 6) is 0.681. The van der Waals surface area contributed by atoms with E-state index in [4.69, 9.17) is 0 Å². The largest absolute Gasteiger partial charge is 0.129 e. The van der Waals surface area contributed by atoms with E-state index in [0.29, 0.717) is 11.3 Å². The molecule has 16 heavy (non-hydrogen) atoms. The number of unbranched alkanes of at least 4 members (excludes halogenated alkanes) is 2. The molecule has 0 aromatic heterocycles. The molecule has 0 heteroatoms. The van der Waals surface area contributed by atoms with Crippen molar-refractivity contribution < 1.29 is 0 Å². The van der Waals surface area contributed by atoms with Crippen LogP contribution in [0.1, 0.15) is 73.1 Å². The molecule has 0 fully saturated rings. The Hall–Kier alpha value is -0.480. The van der Waals surface area contributed by atoms with Gasteiger partial charge >= 0.3 is 0 Å². The highest BCUT2D eigenvalue weighted by molar-refractivity contribution is 5.13. The Morgan fingerprint density at radius 3 is 2.12 bits per heavy atom. The third-order valence-electron chi connectivity index (χ3n) is 4.01. The van der Waals surface area contributed by atoms with Crippen molar-refractivity contribution in [1.29, 1.82) is 0 Å². The predicted octanol–water partition coefficient (Wildman–Crippen LogP) is 5.74. The first-order valence-electron chi connectivity index (χ1n) is 6.92. The van der Waals surface area contributed by atoms with Crippen molar-refractivity contribution >= 4 is 0 Å². The molecule has 0 nitrogen and oxygen atoms in total. The standard InChI is InChI=1S/C16H30/c1-7-10-12-15(9-3)16(6,14(4)5)13-11-8-2/h14H,3,7-8,10-13H2,1-2,4-6H3. The summed E-state index contributed by atoms with van der Waals surface area (Å²) < 4.78 is 0. The minimum Gasteiger partial charge on any atom is -0.129 e. The van der Waals surface area contributed by atoms with Crippen LogP contribution in [0.15, 0.2) is 17.9 Å². The van der Waals surface area contributed by atoms with Crippen LogP contribution < -0.4 is 0 Å². The third kappa shape index (κ3) is 4.18. The fourth-order valence-corrected chi connectivity index (χ4v) is 2.26. The third-order valence-corrected chi connectivity index (χ3v) is 4.01. The minimum absolute atomic E-state index is 0.312. The molecule has 1 atom stereocenters. The predicted molar refractivity (Wildman–Crippen MR) is 74.6 cm³/mol. The highest BCUT2D eigenvalue weighted by atomic mass is 14.3. The van der Waals surface area contributed by atoms with Gasteiger partial charge in [0.05, 0.1) is 0 Å². The fourth-order valence-electron chi connectivity index (χ4n) is 2.26. The quantitative estimate of drug-likeness (QED) is 0.459. The van der Waals surface area contributed by atoms with Gasteiger partial charge in [-0.2, -0.15) is 0 Å². The zero-order valence-corrected chi connectivity index (χ0v) is 12.0. The van der Waals surface area contributed by atoms with Gasteiger partial charge in [-0.1, -0.05) is 60.5 Å². The summed E-state index contributed by atoms with van der Waals surface area (Å²) in [6, 6.07) is 0. The van der Waals surface area contributed by atoms with Crippen molar-refractivity contribution in [3.8, 4) is 0 Å². The van der Waals surface area contributed by atoms with Crippen LogP contribution in [0.3, 0.4) is 0 Å². The molecule has 0 aliphatic rings. The summed E-state index contributed by atoms with van der Waals surface area (Å²) in [5.41, 5.74) is 5.00. The Kier molecular flexibility index (Phi) is 7.51. The molecule has 0 N–H and O–H groups in total. The number of allylic oxidation sites excluding steroid dienone is 1. The smallest absolute Gasteiger partial charge is 0.00178 e. The maximum Gasteiger partial charge on any atom is -0.00178 e. The van der Waals surface area contributed by atoms with Gasteiger partial charge in [0, 0.05) is 0 Å². The van der Waals surface area contributed by atoms with Crippen LogP contribution in [0.4, 0.5) is 0 Å². The topological polar surface area (TPSA) is 0 Å². The molecule has 0 aliphatic heterocycles. The average Bonchev–Trinajstić information content (AvgIpc) is 2.27. The molecular weight excluding hydrogens is 192 g/mol. The van der Waals surface area contributed by atoms with Gasteiger partial charge in [-0.15, -0.1) is 5.73 Å². The van der Waals surface area contributed by atoms with E-state index in [0.717, 1.165) is 0 Å². The molecule has 0 aliphatic carbocycles. The molecule has 0 aromatic carbocycles. The van der Waals surface area contributed by atoms with Crippen molar-refractivity contribution in [2.45, 2.75) is 73.1 Å². The maximum absolute atomic E-state index is 3.91. The van der Waals surface area contributed by atoms with E-state index in [-0.39, 0.29) is 0 Å². The molecule has 0 saturated heterocycles. The first-order valence-corrected chi connectivity index (χ1v) is 6.92. The maximum atomic E-state index is 3.91. The summed E-state index contributed by atoms with van der Waals surface area (Å²) in [7, 11) is 0. The highest BCUT2D eigenvalue weighted by Gasteiger charge is 2.31. The molecule has 0 aromatic rings. The second-order valence-electron chi connectivity index (χ2n) is 5.43. The van der Waals surface area contributed by atoms with Crippen LogP contribution in [0.25, 0.3) is 0 Å². The molecule has 0 spiro atoms. The van der Waals surface area contributed by atoms with E-state index in [1.54, 1.807) is 0 Å². The molecule has 0 amide bonds. The second-order valence-corrected chi connectivity index (χ2v) is 5.43. The Morgan fingerprint density at radius 2 is 1.75 bits per heavy atom. The monoisotopic (exact) mass is 222 g/mol. The Balaban J connectivity index is 4.78. The second kappa shape index (κ2) is 7.74. The lowest BCUT2D eigenvalue weighted by atomic mass is 9.68. The first-order chi connectivity index (χ1) is 7.52. The lowest BCUT2D eigenvalue weighted by Crippen LogP contribution is -2.26. The van der Waals surface area contributed by atoms with Crippen LogP contribution in [0, 0.1) is 11.3 Å². The van der Waals surface area contributed by atoms with Gasteiger partial charge in [0.15, 0.2) is 0 Å². The minimum atomic E-state index is 0.312. The molecule has 0 bridgehead atoms. The van der Waals surface area contributed by atoms with Crippen molar-refractivity contribution in [3.05, 3.63) is 17.9 Å². The van der Waals surface area contributed by atoms with Crippen molar-refractivity contribution in [3.63, 3.8) is 0 Å². The fraction of sp³-hybridized carbons (Fsp3) is 0.812. The lowest BCUT2D eigenvalue weighted by molar-refractivity contribution is 0.239. The highest BCUT2D eigenvalue weighted by Crippen LogP contribution is 2.41. The van der Waals surface area contributed by atoms with E-state index in [1.807, 2.05) is 0 Å². The van der Waals surface area contributed by atoms with Gasteiger partial charge in [-0.05, 0) is 36.2 Å². The van der Waals surface area contributed by atoms with Crippen molar-refractivity contribution in [1.82, 2.24) is 0 Å². The Morgan fingerprint density at radius 1 is 1.19 bits per heavy atom. The number of hydrogen-bond acceptors (Lipinski definition) is 0. The SMILES string of the molecule is C=C=C(CCCC)C(C)(CCCC)C(C)C. The zero-order chi connectivity index (χ0) is 12.6. The summed E-state index contributed by atoms with van der Waals surface area (Å²) in [6.45, 7) is 15.5.